The molecule has 0 bridgehead atoms. The summed E-state index contributed by atoms with van der Waals surface area (Å²) in [4.78, 5) is 11.3. The number of rotatable bonds is 6. The molecule has 1 aliphatic rings. The van der Waals surface area contributed by atoms with Crippen molar-refractivity contribution in [1.82, 2.24) is 0 Å². The molecule has 0 aromatic carbocycles. The Kier molecular flexibility index (Phi) is 6.29. The summed E-state index contributed by atoms with van der Waals surface area (Å²) in [5.41, 5.74) is 0. The average Bonchev–Trinajstić information content (AvgIpc) is 2.33. The molecule has 0 saturated carbocycles. The van der Waals surface area contributed by atoms with Crippen LogP contribution in [-0.2, 0) is 27.7 Å². The Morgan fingerprint density at radius 1 is 1.44 bits per heavy atom. The van der Waals surface area contributed by atoms with Crippen LogP contribution >= 0.6 is 7.82 Å². The summed E-state index contributed by atoms with van der Waals surface area (Å²) in [6.07, 6.45) is 0.422. The lowest BCUT2D eigenvalue weighted by atomic mass is 10.1. The zero-order valence-electron chi connectivity index (χ0n) is 11.1. The lowest BCUT2D eigenvalue weighted by Gasteiger charge is -2.26. The van der Waals surface area contributed by atoms with Crippen LogP contribution < -0.4 is 0 Å². The summed E-state index contributed by atoms with van der Waals surface area (Å²) < 4.78 is 32.0. The van der Waals surface area contributed by atoms with E-state index in [2.05, 4.69) is 0 Å². The lowest BCUT2D eigenvalue weighted by Crippen LogP contribution is -2.20. The van der Waals surface area contributed by atoms with Crippen molar-refractivity contribution in [2.24, 2.45) is 11.8 Å². The first-order chi connectivity index (χ1) is 8.47. The van der Waals surface area contributed by atoms with E-state index in [1.165, 1.54) is 0 Å². The van der Waals surface area contributed by atoms with Crippen molar-refractivity contribution in [2.45, 2.75) is 27.2 Å². The summed E-state index contributed by atoms with van der Waals surface area (Å²) in [6.45, 7) is 6.66. The van der Waals surface area contributed by atoms with Gasteiger partial charge in [0.2, 0.25) is 0 Å². The first kappa shape index (κ1) is 15.6. The highest BCUT2D eigenvalue weighted by Crippen LogP contribution is 2.52. The number of carbonyl (C=O) groups is 1. The van der Waals surface area contributed by atoms with Crippen LogP contribution in [0.5, 0.6) is 0 Å². The highest BCUT2D eigenvalue weighted by Gasteiger charge is 2.32. The monoisotopic (exact) mass is 280 g/mol. The fourth-order valence-electron chi connectivity index (χ4n) is 1.34. The lowest BCUT2D eigenvalue weighted by molar-refractivity contribution is -0.147. The molecule has 0 aliphatic carbocycles. The predicted molar refractivity (Wildman–Crippen MR) is 65.0 cm³/mol. The van der Waals surface area contributed by atoms with Gasteiger partial charge < -0.3 is 4.74 Å². The summed E-state index contributed by atoms with van der Waals surface area (Å²) in [5.74, 6) is -0.354. The standard InChI is InChI=1S/C11H21O6P/c1-4-14-11(12)10(3)5-6-15-18(13)16-7-9(2)8-17-18/h9-10H,4-8H2,1-3H3/t9?,10-,18?/m0/s1. The van der Waals surface area contributed by atoms with Gasteiger partial charge in [-0.05, 0) is 13.3 Å². The second-order valence-electron chi connectivity index (χ2n) is 4.42. The van der Waals surface area contributed by atoms with E-state index in [1.54, 1.807) is 13.8 Å². The number of hydrogen-bond donors (Lipinski definition) is 0. The molecule has 1 heterocycles. The molecule has 0 spiro atoms. The number of phosphoric acid groups is 1. The maximum absolute atomic E-state index is 11.9. The molecular formula is C11H21O6P. The van der Waals surface area contributed by atoms with E-state index >= 15 is 0 Å². The molecule has 1 fully saturated rings. The third-order valence-corrected chi connectivity index (χ3v) is 3.95. The van der Waals surface area contributed by atoms with E-state index < -0.39 is 7.82 Å². The average molecular weight is 280 g/mol. The van der Waals surface area contributed by atoms with Crippen molar-refractivity contribution in [1.29, 1.82) is 0 Å². The van der Waals surface area contributed by atoms with E-state index in [-0.39, 0.29) is 24.4 Å². The highest BCUT2D eigenvalue weighted by molar-refractivity contribution is 7.48. The Labute approximate surface area is 108 Å². The van der Waals surface area contributed by atoms with Crippen molar-refractivity contribution < 1.29 is 27.7 Å². The van der Waals surface area contributed by atoms with Gasteiger partial charge in [0.1, 0.15) is 0 Å². The van der Waals surface area contributed by atoms with Crippen LogP contribution in [0.25, 0.3) is 0 Å². The fourth-order valence-corrected chi connectivity index (χ4v) is 2.77. The van der Waals surface area contributed by atoms with Gasteiger partial charge in [-0.3, -0.25) is 18.4 Å². The minimum atomic E-state index is -3.40. The minimum absolute atomic E-state index is 0.144. The van der Waals surface area contributed by atoms with Gasteiger partial charge in [0.25, 0.3) is 0 Å². The van der Waals surface area contributed by atoms with Crippen LogP contribution in [0.15, 0.2) is 0 Å². The molecule has 7 heteroatoms. The summed E-state index contributed by atoms with van der Waals surface area (Å²) in [5, 5.41) is 0. The Morgan fingerprint density at radius 3 is 2.61 bits per heavy atom. The number of phosphoric ester groups is 1. The van der Waals surface area contributed by atoms with Crippen LogP contribution in [0.3, 0.4) is 0 Å². The first-order valence-electron chi connectivity index (χ1n) is 6.17. The van der Waals surface area contributed by atoms with E-state index in [9.17, 15) is 9.36 Å². The zero-order valence-corrected chi connectivity index (χ0v) is 12.0. The molecule has 1 rings (SSSR count). The van der Waals surface area contributed by atoms with Crippen LogP contribution in [0, 0.1) is 11.8 Å². The maximum atomic E-state index is 11.9. The van der Waals surface area contributed by atoms with Gasteiger partial charge in [0, 0.05) is 5.92 Å². The second kappa shape index (κ2) is 7.24. The predicted octanol–water partition coefficient (Wildman–Crippen LogP) is 2.38. The molecule has 0 aromatic rings. The van der Waals surface area contributed by atoms with Crippen LogP contribution in [-0.4, -0.2) is 32.4 Å². The van der Waals surface area contributed by atoms with Crippen LogP contribution in [0.1, 0.15) is 27.2 Å². The molecule has 0 amide bonds. The SMILES string of the molecule is CCOC(=O)[C@@H](C)CCOP1(=O)OCC(C)CO1. The summed E-state index contributed by atoms with van der Waals surface area (Å²) >= 11 is 0. The second-order valence-corrected chi connectivity index (χ2v) is 6.09. The number of carbonyl (C=O) groups excluding carboxylic acids is 1. The maximum Gasteiger partial charge on any atom is 0.474 e. The molecule has 0 unspecified atom stereocenters. The van der Waals surface area contributed by atoms with Gasteiger partial charge in [-0.25, -0.2) is 4.57 Å². The van der Waals surface area contributed by atoms with Gasteiger partial charge in [0.15, 0.2) is 0 Å². The van der Waals surface area contributed by atoms with Gasteiger partial charge in [-0.15, -0.1) is 0 Å². The zero-order chi connectivity index (χ0) is 13.6. The molecule has 0 aromatic heterocycles. The third-order valence-electron chi connectivity index (χ3n) is 2.52. The van der Waals surface area contributed by atoms with Crippen molar-refractivity contribution in [3.8, 4) is 0 Å². The summed E-state index contributed by atoms with van der Waals surface area (Å²) in [6, 6.07) is 0. The molecule has 0 radical (unpaired) electrons. The van der Waals surface area contributed by atoms with E-state index in [0.717, 1.165) is 0 Å². The smallest absolute Gasteiger partial charge is 0.466 e. The Bertz CT molecular complexity index is 307. The molecule has 18 heavy (non-hydrogen) atoms. The minimum Gasteiger partial charge on any atom is -0.466 e. The molecule has 106 valence electrons. The Balaban J connectivity index is 2.25. The number of hydrogen-bond acceptors (Lipinski definition) is 6. The van der Waals surface area contributed by atoms with Crippen molar-refractivity contribution in [3.05, 3.63) is 0 Å². The molecule has 6 nitrogen and oxygen atoms in total. The third kappa shape index (κ3) is 5.06. The van der Waals surface area contributed by atoms with Gasteiger partial charge >= 0.3 is 13.8 Å². The van der Waals surface area contributed by atoms with Crippen molar-refractivity contribution in [2.75, 3.05) is 26.4 Å². The quantitative estimate of drug-likeness (QED) is 0.549. The van der Waals surface area contributed by atoms with Crippen LogP contribution in [0.2, 0.25) is 0 Å². The van der Waals surface area contributed by atoms with Gasteiger partial charge in [0.05, 0.1) is 32.3 Å². The van der Waals surface area contributed by atoms with Crippen molar-refractivity contribution in [3.63, 3.8) is 0 Å². The first-order valence-corrected chi connectivity index (χ1v) is 7.63. The molecule has 1 aliphatic heterocycles. The molecule has 1 saturated heterocycles. The van der Waals surface area contributed by atoms with Crippen LogP contribution in [0.4, 0.5) is 0 Å². The largest absolute Gasteiger partial charge is 0.474 e. The van der Waals surface area contributed by atoms with Gasteiger partial charge in [-0.1, -0.05) is 13.8 Å². The number of esters is 1. The number of ether oxygens (including phenoxy) is 1. The van der Waals surface area contributed by atoms with E-state index in [0.29, 0.717) is 26.2 Å². The Hall–Kier alpha value is -0.420. The summed E-state index contributed by atoms with van der Waals surface area (Å²) in [7, 11) is -3.40. The topological polar surface area (TPSA) is 71.1 Å². The normalized spacial score (nSPS) is 29.8. The van der Waals surface area contributed by atoms with Gasteiger partial charge in [-0.2, -0.15) is 0 Å². The molecular weight excluding hydrogens is 259 g/mol. The fraction of sp³-hybridized carbons (Fsp3) is 0.909. The Morgan fingerprint density at radius 2 is 2.06 bits per heavy atom. The van der Waals surface area contributed by atoms with E-state index in [4.69, 9.17) is 18.3 Å². The molecule has 1 atom stereocenters. The molecule has 0 N–H and O–H groups in total. The highest BCUT2D eigenvalue weighted by atomic mass is 31.2. The van der Waals surface area contributed by atoms with E-state index in [1.807, 2.05) is 6.92 Å². The van der Waals surface area contributed by atoms with Crippen molar-refractivity contribution >= 4 is 13.8 Å².